The maximum Gasteiger partial charge on any atom is 0.259 e. The summed E-state index contributed by atoms with van der Waals surface area (Å²) in [6.07, 6.45) is 4.50. The Hall–Kier alpha value is -4.20. The molecule has 15 heteroatoms. The maximum absolute atomic E-state index is 9.43. The van der Waals surface area contributed by atoms with Gasteiger partial charge in [-0.1, -0.05) is 54.6 Å². The van der Waals surface area contributed by atoms with Crippen molar-refractivity contribution in [1.29, 1.82) is 5.26 Å². The van der Waals surface area contributed by atoms with Gasteiger partial charge < -0.3 is 37.5 Å². The molecular weight excluding hydrogens is 880 g/mol. The van der Waals surface area contributed by atoms with Gasteiger partial charge in [-0.25, -0.2) is 19.6 Å². The van der Waals surface area contributed by atoms with Crippen LogP contribution in [0.25, 0.3) is 11.0 Å². The van der Waals surface area contributed by atoms with Crippen molar-refractivity contribution in [3.8, 4) is 17.6 Å². The molecule has 1 aliphatic rings. The summed E-state index contributed by atoms with van der Waals surface area (Å²) >= 11 is 2.31. The predicted molar refractivity (Wildman–Crippen MR) is 239 cm³/mol. The van der Waals surface area contributed by atoms with Crippen LogP contribution in [0, 0.1) is 14.9 Å². The lowest BCUT2D eigenvalue weighted by atomic mass is 9.80. The van der Waals surface area contributed by atoms with Crippen molar-refractivity contribution >= 4 is 54.3 Å². The fourth-order valence-electron chi connectivity index (χ4n) is 7.34. The van der Waals surface area contributed by atoms with Gasteiger partial charge in [-0.15, -0.1) is 0 Å². The molecule has 0 saturated carbocycles. The second kappa shape index (κ2) is 20.4. The van der Waals surface area contributed by atoms with Gasteiger partial charge in [0.05, 0.1) is 57.8 Å². The highest BCUT2D eigenvalue weighted by Gasteiger charge is 2.45. The van der Waals surface area contributed by atoms with E-state index in [9.17, 15) is 5.26 Å². The number of fused-ring (bicyclic) bond motifs is 1. The number of hydrogen-bond donors (Lipinski definition) is 0. The monoisotopic (exact) mass is 933 g/mol. The van der Waals surface area contributed by atoms with Crippen LogP contribution in [0.2, 0.25) is 0 Å². The van der Waals surface area contributed by atoms with Gasteiger partial charge in [-0.3, -0.25) is 0 Å². The van der Waals surface area contributed by atoms with E-state index < -0.39 is 32.6 Å². The van der Waals surface area contributed by atoms with Gasteiger partial charge >= 0.3 is 0 Å². The van der Waals surface area contributed by atoms with E-state index in [0.717, 1.165) is 37.1 Å². The second-order valence-electron chi connectivity index (χ2n) is 14.9. The largest absolute Gasteiger partial charge is 0.497 e. The molecule has 312 valence electrons. The Bertz CT molecular complexity index is 2130. The zero-order valence-electron chi connectivity index (χ0n) is 34.9. The molecule has 3 aromatic carbocycles. The first-order valence-electron chi connectivity index (χ1n) is 19.6. The quantitative estimate of drug-likeness (QED) is 0.0196. The summed E-state index contributed by atoms with van der Waals surface area (Å²) < 4.78 is 44.4. The Morgan fingerprint density at radius 1 is 0.949 bits per heavy atom. The van der Waals surface area contributed by atoms with Gasteiger partial charge in [0.25, 0.3) is 8.53 Å². The smallest absolute Gasteiger partial charge is 0.259 e. The summed E-state index contributed by atoms with van der Waals surface area (Å²) in [7, 11) is 5.54. The molecular formula is C44H53IN7O6P. The molecule has 1 unspecified atom stereocenters. The fraction of sp³-hybridized carbons (Fsp3) is 0.409. The predicted octanol–water partition coefficient (Wildman–Crippen LogP) is 9.23. The first-order chi connectivity index (χ1) is 28.5. The highest BCUT2D eigenvalue weighted by molar-refractivity contribution is 14.1. The van der Waals surface area contributed by atoms with Gasteiger partial charge in [0.15, 0.2) is 5.82 Å². The van der Waals surface area contributed by atoms with E-state index in [2.05, 4.69) is 83.1 Å². The number of aliphatic imine (C=N–C) groups is 1. The molecule has 0 radical (unpaired) electrons. The Morgan fingerprint density at radius 2 is 1.56 bits per heavy atom. The van der Waals surface area contributed by atoms with E-state index in [1.165, 1.54) is 6.33 Å². The number of halogens is 1. The maximum atomic E-state index is 9.43. The molecule has 4 atom stereocenters. The highest BCUT2D eigenvalue weighted by Crippen LogP contribution is 2.51. The summed E-state index contributed by atoms with van der Waals surface area (Å²) in [6.45, 7) is 8.90. The van der Waals surface area contributed by atoms with Crippen molar-refractivity contribution in [1.82, 2.24) is 24.1 Å². The molecule has 5 aromatic rings. The van der Waals surface area contributed by atoms with Crippen LogP contribution in [-0.4, -0.2) is 96.3 Å². The number of ether oxygens (including phenoxy) is 4. The van der Waals surface area contributed by atoms with Crippen molar-refractivity contribution < 1.29 is 28.0 Å². The zero-order valence-corrected chi connectivity index (χ0v) is 37.9. The van der Waals surface area contributed by atoms with Gasteiger partial charge in [0, 0.05) is 42.4 Å². The standard InChI is InChI=1S/C44H53IN7O6P/c1-30(2)52(31(3)4)59(56-24-12-23-46)58-38-25-40(51-26-37(45)41-42(49-29-50(5)6)47-28-48-43(41)51)57-39(38)27-55-44(32-13-10-9-11-14-32,33-15-19-35(53-7)20-16-33)34-17-21-36(54-8)22-18-34/h9-11,13-22,26,28-31,38-40H,12,24-25,27H2,1-8H3/t38-,39+,40-,59?/m0/s1. The molecule has 59 heavy (non-hydrogen) atoms. The molecule has 0 aliphatic carbocycles. The summed E-state index contributed by atoms with van der Waals surface area (Å²) in [5, 5.41) is 10.3. The minimum Gasteiger partial charge on any atom is -0.497 e. The molecule has 2 aromatic heterocycles. The van der Waals surface area contributed by atoms with Crippen LogP contribution in [0.3, 0.4) is 0 Å². The molecule has 1 saturated heterocycles. The van der Waals surface area contributed by atoms with E-state index in [-0.39, 0.29) is 31.7 Å². The number of nitriles is 1. The van der Waals surface area contributed by atoms with Crippen molar-refractivity contribution in [2.45, 2.75) is 76.7 Å². The summed E-state index contributed by atoms with van der Waals surface area (Å²) in [5.74, 6) is 2.04. The van der Waals surface area contributed by atoms with Crippen LogP contribution in [0.15, 0.2) is 96.4 Å². The lowest BCUT2D eigenvalue weighted by molar-refractivity contribution is -0.0911. The number of nitrogens with zero attached hydrogens (tertiary/aromatic N) is 7. The summed E-state index contributed by atoms with van der Waals surface area (Å²) in [6, 6.07) is 28.6. The molecule has 1 aliphatic heterocycles. The van der Waals surface area contributed by atoms with Gasteiger partial charge in [0.2, 0.25) is 0 Å². The van der Waals surface area contributed by atoms with Crippen LogP contribution >= 0.6 is 31.1 Å². The lowest BCUT2D eigenvalue weighted by Crippen LogP contribution is -2.39. The van der Waals surface area contributed by atoms with Crippen LogP contribution in [0.5, 0.6) is 11.5 Å². The molecule has 6 rings (SSSR count). The lowest BCUT2D eigenvalue weighted by Gasteiger charge is -2.39. The minimum absolute atomic E-state index is 0.111. The van der Waals surface area contributed by atoms with Gasteiger partial charge in [0.1, 0.15) is 41.4 Å². The highest BCUT2D eigenvalue weighted by atomic mass is 127. The first-order valence-corrected chi connectivity index (χ1v) is 21.8. The Labute approximate surface area is 362 Å². The molecule has 3 heterocycles. The van der Waals surface area contributed by atoms with Crippen LogP contribution in [0.1, 0.15) is 63.5 Å². The van der Waals surface area contributed by atoms with E-state index in [1.807, 2.05) is 96.5 Å². The van der Waals surface area contributed by atoms with Crippen molar-refractivity contribution in [2.75, 3.05) is 41.5 Å². The number of hydrogen-bond acceptors (Lipinski definition) is 11. The summed E-state index contributed by atoms with van der Waals surface area (Å²) in [5.41, 5.74) is 2.37. The Morgan fingerprint density at radius 3 is 2.12 bits per heavy atom. The summed E-state index contributed by atoms with van der Waals surface area (Å²) in [4.78, 5) is 15.7. The van der Waals surface area contributed by atoms with E-state index in [1.54, 1.807) is 20.6 Å². The Kier molecular flexibility index (Phi) is 15.3. The first kappa shape index (κ1) is 44.4. The van der Waals surface area contributed by atoms with Crippen LogP contribution in [0.4, 0.5) is 5.82 Å². The van der Waals surface area contributed by atoms with Crippen molar-refractivity contribution in [2.24, 2.45) is 4.99 Å². The van der Waals surface area contributed by atoms with E-state index in [4.69, 9.17) is 33.0 Å². The van der Waals surface area contributed by atoms with Gasteiger partial charge in [-0.05, 0) is 91.2 Å². The number of aromatic nitrogens is 3. The number of benzene rings is 3. The number of methoxy groups -OCH3 is 2. The minimum atomic E-state index is -1.61. The normalized spacial score (nSPS) is 17.6. The van der Waals surface area contributed by atoms with Crippen LogP contribution in [-0.2, 0) is 24.1 Å². The molecule has 13 nitrogen and oxygen atoms in total. The molecule has 0 spiro atoms. The van der Waals surface area contributed by atoms with E-state index in [0.29, 0.717) is 17.9 Å². The van der Waals surface area contributed by atoms with E-state index >= 15 is 0 Å². The molecule has 0 N–H and O–H groups in total. The molecule has 0 amide bonds. The molecule has 0 bridgehead atoms. The van der Waals surface area contributed by atoms with Crippen molar-refractivity contribution in [3.05, 3.63) is 112 Å². The van der Waals surface area contributed by atoms with Gasteiger partial charge in [-0.2, -0.15) is 5.26 Å². The second-order valence-corrected chi connectivity index (χ2v) is 17.4. The number of rotatable bonds is 19. The third-order valence-corrected chi connectivity index (χ3v) is 12.9. The van der Waals surface area contributed by atoms with Crippen LogP contribution < -0.4 is 9.47 Å². The molecule has 1 fully saturated rings. The third kappa shape index (κ3) is 10.1. The average Bonchev–Trinajstić information content (AvgIpc) is 3.80. The average molecular weight is 934 g/mol. The SMILES string of the molecule is COc1ccc(C(OC[C@H]2O[C@H](n3cc(I)c4c(N=CN(C)C)ncnc43)C[C@@H]2OP(OCCC#N)N(C(C)C)C(C)C)(c2ccccc2)c2ccc(OC)cc2)cc1. The Balaban J connectivity index is 1.45. The third-order valence-electron chi connectivity index (χ3n) is 9.97. The topological polar surface area (TPSA) is 129 Å². The zero-order chi connectivity index (χ0) is 42.1. The fourth-order valence-corrected chi connectivity index (χ4v) is 9.88. The van der Waals surface area contributed by atoms with Crippen molar-refractivity contribution in [3.63, 3.8) is 0 Å².